The van der Waals surface area contributed by atoms with Crippen LogP contribution in [0.1, 0.15) is 21.5 Å². The van der Waals surface area contributed by atoms with Gasteiger partial charge in [0.25, 0.3) is 5.91 Å². The molecule has 1 amide bonds. The van der Waals surface area contributed by atoms with Crippen molar-refractivity contribution in [2.45, 2.75) is 19.0 Å². The highest BCUT2D eigenvalue weighted by Crippen LogP contribution is 2.27. The second kappa shape index (κ2) is 6.10. The number of hydrogen-bond donors (Lipinski definition) is 1. The van der Waals surface area contributed by atoms with E-state index in [1.807, 2.05) is 53.4 Å². The molecule has 1 aliphatic rings. The monoisotopic (exact) mass is 316 g/mol. The number of rotatable bonds is 2. The molecule has 0 aromatic heterocycles. The molecule has 0 radical (unpaired) electrons. The van der Waals surface area contributed by atoms with Gasteiger partial charge in [0.05, 0.1) is 0 Å². The molecule has 4 rings (SSSR count). The summed E-state index contributed by atoms with van der Waals surface area (Å²) >= 11 is 0. The fourth-order valence-electron chi connectivity index (χ4n) is 3.60. The van der Waals surface area contributed by atoms with Crippen LogP contribution in [0.4, 0.5) is 0 Å². The first-order chi connectivity index (χ1) is 11.8. The van der Waals surface area contributed by atoms with Crippen LogP contribution in [0, 0.1) is 0 Å². The second-order valence-corrected chi connectivity index (χ2v) is 6.32. The molecule has 3 heteroatoms. The fourth-order valence-corrected chi connectivity index (χ4v) is 3.60. The Kier molecular flexibility index (Phi) is 3.79. The Labute approximate surface area is 141 Å². The summed E-state index contributed by atoms with van der Waals surface area (Å²) in [7, 11) is 0. The maximum Gasteiger partial charge on any atom is 0.255 e. The summed E-state index contributed by atoms with van der Waals surface area (Å²) in [5.74, 6) is 0.0664. The van der Waals surface area contributed by atoms with Crippen LogP contribution < -0.4 is 5.73 Å². The number of carbonyl (C=O) groups is 1. The van der Waals surface area contributed by atoms with Gasteiger partial charge in [0.1, 0.15) is 0 Å². The maximum absolute atomic E-state index is 13.3. The molecule has 120 valence electrons. The summed E-state index contributed by atoms with van der Waals surface area (Å²) in [6.07, 6.45) is 0.823. The van der Waals surface area contributed by atoms with Crippen LogP contribution in [0.25, 0.3) is 10.8 Å². The second-order valence-electron chi connectivity index (χ2n) is 6.32. The van der Waals surface area contributed by atoms with Crippen LogP contribution in [-0.4, -0.2) is 23.4 Å². The molecule has 0 bridgehead atoms. The van der Waals surface area contributed by atoms with Crippen LogP contribution in [0.5, 0.6) is 0 Å². The molecule has 3 nitrogen and oxygen atoms in total. The third-order valence-electron chi connectivity index (χ3n) is 4.91. The number of nitrogens with zero attached hydrogens (tertiary/aromatic N) is 1. The minimum atomic E-state index is 0.0476. The number of benzene rings is 3. The molecule has 0 fully saturated rings. The first-order valence-corrected chi connectivity index (χ1v) is 8.33. The molecule has 24 heavy (non-hydrogen) atoms. The van der Waals surface area contributed by atoms with Crippen LogP contribution in [0.2, 0.25) is 0 Å². The molecule has 3 aromatic rings. The summed E-state index contributed by atoms with van der Waals surface area (Å²) in [6.45, 7) is 1.10. The van der Waals surface area contributed by atoms with Crippen molar-refractivity contribution in [1.29, 1.82) is 0 Å². The van der Waals surface area contributed by atoms with Gasteiger partial charge in [-0.3, -0.25) is 4.79 Å². The molecule has 1 aliphatic heterocycles. The number of amides is 1. The molecule has 1 atom stereocenters. The van der Waals surface area contributed by atoms with Crippen LogP contribution in [0.15, 0.2) is 66.7 Å². The zero-order valence-corrected chi connectivity index (χ0v) is 13.5. The van der Waals surface area contributed by atoms with Crippen LogP contribution in [-0.2, 0) is 13.0 Å². The lowest BCUT2D eigenvalue weighted by atomic mass is 9.93. The largest absolute Gasteiger partial charge is 0.330 e. The third-order valence-corrected chi connectivity index (χ3v) is 4.91. The first kappa shape index (κ1) is 14.9. The Morgan fingerprint density at radius 2 is 1.67 bits per heavy atom. The maximum atomic E-state index is 13.3. The smallest absolute Gasteiger partial charge is 0.255 e. The molecule has 1 heterocycles. The highest BCUT2D eigenvalue weighted by atomic mass is 16.2. The molecule has 0 aliphatic carbocycles. The molecule has 0 saturated heterocycles. The first-order valence-electron chi connectivity index (χ1n) is 8.33. The Hall–Kier alpha value is -2.65. The van der Waals surface area contributed by atoms with Gasteiger partial charge in [0.15, 0.2) is 0 Å². The van der Waals surface area contributed by atoms with E-state index in [0.717, 1.165) is 22.8 Å². The standard InChI is InChI=1S/C21H20N2O/c22-13-18-12-16-7-1-2-8-17(16)14-23(18)21(24)20-11-5-9-15-6-3-4-10-19(15)20/h1-11,18H,12-14,22H2. The van der Waals surface area contributed by atoms with E-state index in [-0.39, 0.29) is 11.9 Å². The lowest BCUT2D eigenvalue weighted by Gasteiger charge is -2.36. The molecule has 3 aromatic carbocycles. The topological polar surface area (TPSA) is 46.3 Å². The van der Waals surface area contributed by atoms with Gasteiger partial charge >= 0.3 is 0 Å². The molecule has 2 N–H and O–H groups in total. The number of hydrogen-bond acceptors (Lipinski definition) is 2. The van der Waals surface area contributed by atoms with Gasteiger partial charge in [-0.25, -0.2) is 0 Å². The number of carbonyl (C=O) groups excluding carboxylic acids is 1. The van der Waals surface area contributed by atoms with Crippen molar-refractivity contribution in [3.05, 3.63) is 83.4 Å². The highest BCUT2D eigenvalue weighted by molar-refractivity contribution is 6.07. The van der Waals surface area contributed by atoms with E-state index in [1.165, 1.54) is 11.1 Å². The van der Waals surface area contributed by atoms with E-state index < -0.39 is 0 Å². The summed E-state index contributed by atoms with van der Waals surface area (Å²) < 4.78 is 0. The van der Waals surface area contributed by atoms with Gasteiger partial charge in [-0.1, -0.05) is 60.7 Å². The van der Waals surface area contributed by atoms with Crippen LogP contribution in [0.3, 0.4) is 0 Å². The van der Waals surface area contributed by atoms with Gasteiger partial charge in [0, 0.05) is 24.7 Å². The Bertz CT molecular complexity index is 898. The predicted octanol–water partition coefficient (Wildman–Crippen LogP) is 3.37. The van der Waals surface area contributed by atoms with Gasteiger partial charge in [-0.15, -0.1) is 0 Å². The number of fused-ring (bicyclic) bond motifs is 2. The van der Waals surface area contributed by atoms with Crippen molar-refractivity contribution in [3.63, 3.8) is 0 Å². The fraction of sp³-hybridized carbons (Fsp3) is 0.190. The van der Waals surface area contributed by atoms with Crippen molar-refractivity contribution in [2.24, 2.45) is 5.73 Å². The number of nitrogens with two attached hydrogens (primary N) is 1. The van der Waals surface area contributed by atoms with E-state index >= 15 is 0 Å². The van der Waals surface area contributed by atoms with Gasteiger partial charge < -0.3 is 10.6 Å². The summed E-state index contributed by atoms with van der Waals surface area (Å²) in [5.41, 5.74) is 9.26. The molecule has 1 unspecified atom stereocenters. The van der Waals surface area contributed by atoms with E-state index in [0.29, 0.717) is 13.1 Å². The normalized spacial score (nSPS) is 16.9. The molecular formula is C21H20N2O. The van der Waals surface area contributed by atoms with Crippen molar-refractivity contribution in [3.8, 4) is 0 Å². The Morgan fingerprint density at radius 3 is 2.50 bits per heavy atom. The van der Waals surface area contributed by atoms with Crippen molar-refractivity contribution in [1.82, 2.24) is 4.90 Å². The van der Waals surface area contributed by atoms with E-state index in [1.54, 1.807) is 0 Å². The minimum absolute atomic E-state index is 0.0476. The summed E-state index contributed by atoms with van der Waals surface area (Å²) in [6, 6.07) is 22.3. The minimum Gasteiger partial charge on any atom is -0.330 e. The Morgan fingerprint density at radius 1 is 0.958 bits per heavy atom. The lowest BCUT2D eigenvalue weighted by Crippen LogP contribution is -2.48. The van der Waals surface area contributed by atoms with Crippen LogP contribution >= 0.6 is 0 Å². The lowest BCUT2D eigenvalue weighted by molar-refractivity contribution is 0.0650. The van der Waals surface area contributed by atoms with E-state index in [2.05, 4.69) is 18.2 Å². The SMILES string of the molecule is NCC1Cc2ccccc2CN1C(=O)c1cccc2ccccc12. The third kappa shape index (κ3) is 2.47. The van der Waals surface area contributed by atoms with Gasteiger partial charge in [-0.05, 0) is 34.4 Å². The summed E-state index contributed by atoms with van der Waals surface area (Å²) in [5, 5.41) is 2.09. The van der Waals surface area contributed by atoms with E-state index in [4.69, 9.17) is 5.73 Å². The van der Waals surface area contributed by atoms with Gasteiger partial charge in [0.2, 0.25) is 0 Å². The predicted molar refractivity (Wildman–Crippen MR) is 96.8 cm³/mol. The quantitative estimate of drug-likeness (QED) is 0.788. The zero-order chi connectivity index (χ0) is 16.5. The summed E-state index contributed by atoms with van der Waals surface area (Å²) in [4.78, 5) is 15.2. The van der Waals surface area contributed by atoms with Gasteiger partial charge in [-0.2, -0.15) is 0 Å². The Balaban J connectivity index is 1.75. The van der Waals surface area contributed by atoms with E-state index in [9.17, 15) is 4.79 Å². The molecule has 0 saturated carbocycles. The highest BCUT2D eigenvalue weighted by Gasteiger charge is 2.29. The molecule has 0 spiro atoms. The molecular weight excluding hydrogens is 296 g/mol. The van der Waals surface area contributed by atoms with Crippen molar-refractivity contribution < 1.29 is 4.79 Å². The van der Waals surface area contributed by atoms with Crippen molar-refractivity contribution in [2.75, 3.05) is 6.54 Å². The average Bonchev–Trinajstić information content (AvgIpc) is 2.66. The zero-order valence-electron chi connectivity index (χ0n) is 13.5. The average molecular weight is 316 g/mol. The van der Waals surface area contributed by atoms with Crippen molar-refractivity contribution >= 4 is 16.7 Å².